The van der Waals surface area contributed by atoms with Crippen molar-refractivity contribution in [3.63, 3.8) is 0 Å². The van der Waals surface area contributed by atoms with E-state index in [0.717, 1.165) is 36.6 Å². The topological polar surface area (TPSA) is 16.4 Å². The van der Waals surface area contributed by atoms with E-state index in [2.05, 4.69) is 44.0 Å². The van der Waals surface area contributed by atoms with Crippen molar-refractivity contribution < 1.29 is 4.42 Å². The summed E-state index contributed by atoms with van der Waals surface area (Å²) in [4.78, 5) is 2.44. The molecule has 0 radical (unpaired) electrons. The van der Waals surface area contributed by atoms with E-state index in [-0.39, 0.29) is 0 Å². The zero-order valence-electron chi connectivity index (χ0n) is 13.1. The molecule has 0 N–H and O–H groups in total. The highest BCUT2D eigenvalue weighted by atomic mass is 16.3. The second kappa shape index (κ2) is 7.49. The Balaban J connectivity index is 1.70. The summed E-state index contributed by atoms with van der Waals surface area (Å²) in [5, 5.41) is 1.22. The van der Waals surface area contributed by atoms with Gasteiger partial charge in [0.25, 0.3) is 0 Å². The normalized spacial score (nSPS) is 11.8. The Kier molecular flexibility index (Phi) is 5.66. The van der Waals surface area contributed by atoms with Gasteiger partial charge in [-0.25, -0.2) is 0 Å². The lowest BCUT2D eigenvalue weighted by Gasteiger charge is -2.16. The van der Waals surface area contributed by atoms with Crippen LogP contribution in [0.3, 0.4) is 0 Å². The fourth-order valence-electron chi connectivity index (χ4n) is 2.56. The molecule has 20 heavy (non-hydrogen) atoms. The fourth-order valence-corrected chi connectivity index (χ4v) is 2.56. The number of hydrogen-bond acceptors (Lipinski definition) is 2. The second-order valence-corrected chi connectivity index (χ2v) is 6.19. The standard InChI is InChI=1S/C18H27NO/c1-15(2)8-6-12-19(3)13-7-10-17-14-16-9-4-5-11-18(16)20-17/h4-5,9,11,14-15H,6-8,10,12-13H2,1-3H3. The number of aryl methyl sites for hydroxylation is 1. The first kappa shape index (κ1) is 15.1. The summed E-state index contributed by atoms with van der Waals surface area (Å²) >= 11 is 0. The molecule has 0 saturated heterocycles. The van der Waals surface area contributed by atoms with Crippen molar-refractivity contribution in [3.8, 4) is 0 Å². The van der Waals surface area contributed by atoms with Gasteiger partial charge in [-0.2, -0.15) is 0 Å². The monoisotopic (exact) mass is 273 g/mol. The van der Waals surface area contributed by atoms with E-state index >= 15 is 0 Å². The molecule has 2 aromatic rings. The molecule has 0 atom stereocenters. The molecule has 2 nitrogen and oxygen atoms in total. The molecule has 0 bridgehead atoms. The van der Waals surface area contributed by atoms with Crippen LogP contribution >= 0.6 is 0 Å². The van der Waals surface area contributed by atoms with E-state index in [1.165, 1.54) is 24.8 Å². The quantitative estimate of drug-likeness (QED) is 0.691. The third-order valence-corrected chi connectivity index (χ3v) is 3.76. The van der Waals surface area contributed by atoms with Gasteiger partial charge in [0, 0.05) is 11.8 Å². The lowest BCUT2D eigenvalue weighted by molar-refractivity contribution is 0.311. The SMILES string of the molecule is CC(C)CCCN(C)CCCc1cc2ccccc2o1. The molecule has 0 fully saturated rings. The van der Waals surface area contributed by atoms with Crippen molar-refractivity contribution in [1.29, 1.82) is 0 Å². The molecule has 2 heteroatoms. The van der Waals surface area contributed by atoms with Crippen LogP contribution in [-0.2, 0) is 6.42 Å². The van der Waals surface area contributed by atoms with E-state index in [1.807, 2.05) is 12.1 Å². The molecule has 110 valence electrons. The van der Waals surface area contributed by atoms with E-state index in [4.69, 9.17) is 4.42 Å². The first-order chi connectivity index (χ1) is 9.65. The first-order valence-electron chi connectivity index (χ1n) is 7.81. The molecule has 0 aliphatic heterocycles. The molecule has 1 aromatic heterocycles. The van der Waals surface area contributed by atoms with Gasteiger partial charge in [-0.05, 0) is 57.5 Å². The average molecular weight is 273 g/mol. The number of para-hydroxylation sites is 1. The fraction of sp³-hybridized carbons (Fsp3) is 0.556. The van der Waals surface area contributed by atoms with Crippen LogP contribution in [0.25, 0.3) is 11.0 Å². The van der Waals surface area contributed by atoms with Gasteiger partial charge in [-0.3, -0.25) is 0 Å². The lowest BCUT2D eigenvalue weighted by Crippen LogP contribution is -2.21. The Bertz CT molecular complexity index is 482. The largest absolute Gasteiger partial charge is 0.461 e. The lowest BCUT2D eigenvalue weighted by atomic mass is 10.1. The van der Waals surface area contributed by atoms with Gasteiger partial charge in [-0.1, -0.05) is 32.0 Å². The van der Waals surface area contributed by atoms with Crippen molar-refractivity contribution in [2.24, 2.45) is 5.92 Å². The minimum Gasteiger partial charge on any atom is -0.461 e. The van der Waals surface area contributed by atoms with Crippen LogP contribution < -0.4 is 0 Å². The van der Waals surface area contributed by atoms with Crippen LogP contribution in [-0.4, -0.2) is 25.0 Å². The minimum atomic E-state index is 0.818. The molecule has 1 heterocycles. The summed E-state index contributed by atoms with van der Waals surface area (Å²) < 4.78 is 5.84. The van der Waals surface area contributed by atoms with Crippen LogP contribution in [0.4, 0.5) is 0 Å². The van der Waals surface area contributed by atoms with Crippen LogP contribution in [0.5, 0.6) is 0 Å². The Morgan fingerprint density at radius 2 is 1.85 bits per heavy atom. The summed E-state index contributed by atoms with van der Waals surface area (Å²) in [6.45, 7) is 6.94. The summed E-state index contributed by atoms with van der Waals surface area (Å²) in [6.07, 6.45) is 4.83. The molecule has 0 aliphatic carbocycles. The zero-order chi connectivity index (χ0) is 14.4. The van der Waals surface area contributed by atoms with Crippen molar-refractivity contribution in [1.82, 2.24) is 4.90 Å². The minimum absolute atomic E-state index is 0.818. The Labute approximate surface area is 122 Å². The summed E-state index contributed by atoms with van der Waals surface area (Å²) in [6, 6.07) is 10.4. The highest BCUT2D eigenvalue weighted by Gasteiger charge is 2.04. The molecule has 0 aliphatic rings. The van der Waals surface area contributed by atoms with Gasteiger partial charge in [0.2, 0.25) is 0 Å². The van der Waals surface area contributed by atoms with Crippen LogP contribution in [0, 0.1) is 5.92 Å². The third kappa shape index (κ3) is 4.68. The molecule has 0 saturated carbocycles. The van der Waals surface area contributed by atoms with Gasteiger partial charge in [0.1, 0.15) is 11.3 Å². The third-order valence-electron chi connectivity index (χ3n) is 3.76. The Morgan fingerprint density at radius 3 is 2.60 bits per heavy atom. The smallest absolute Gasteiger partial charge is 0.134 e. The summed E-state index contributed by atoms with van der Waals surface area (Å²) in [7, 11) is 2.22. The predicted octanol–water partition coefficient (Wildman–Crippen LogP) is 4.73. The molecule has 0 unspecified atom stereocenters. The van der Waals surface area contributed by atoms with E-state index in [9.17, 15) is 0 Å². The van der Waals surface area contributed by atoms with Crippen molar-refractivity contribution in [2.45, 2.75) is 39.5 Å². The van der Waals surface area contributed by atoms with Crippen molar-refractivity contribution >= 4 is 11.0 Å². The molecule has 2 rings (SSSR count). The molecule has 0 spiro atoms. The Morgan fingerprint density at radius 1 is 1.10 bits per heavy atom. The number of furan rings is 1. The van der Waals surface area contributed by atoms with E-state index in [1.54, 1.807) is 0 Å². The van der Waals surface area contributed by atoms with Crippen LogP contribution in [0.2, 0.25) is 0 Å². The number of hydrogen-bond donors (Lipinski definition) is 0. The Hall–Kier alpha value is -1.28. The van der Waals surface area contributed by atoms with Crippen molar-refractivity contribution in [3.05, 3.63) is 36.1 Å². The maximum absolute atomic E-state index is 5.84. The number of fused-ring (bicyclic) bond motifs is 1. The van der Waals surface area contributed by atoms with Gasteiger partial charge < -0.3 is 9.32 Å². The van der Waals surface area contributed by atoms with E-state index in [0.29, 0.717) is 0 Å². The van der Waals surface area contributed by atoms with Gasteiger partial charge in [0.15, 0.2) is 0 Å². The molecular weight excluding hydrogens is 246 g/mol. The van der Waals surface area contributed by atoms with Gasteiger partial charge in [0.05, 0.1) is 0 Å². The maximum atomic E-state index is 5.84. The number of nitrogens with zero attached hydrogens (tertiary/aromatic N) is 1. The first-order valence-corrected chi connectivity index (χ1v) is 7.81. The molecule has 1 aromatic carbocycles. The van der Waals surface area contributed by atoms with Crippen LogP contribution in [0.15, 0.2) is 34.7 Å². The number of benzene rings is 1. The molecule has 0 amide bonds. The van der Waals surface area contributed by atoms with E-state index < -0.39 is 0 Å². The van der Waals surface area contributed by atoms with Gasteiger partial charge >= 0.3 is 0 Å². The molecular formula is C18H27NO. The van der Waals surface area contributed by atoms with Crippen molar-refractivity contribution in [2.75, 3.05) is 20.1 Å². The average Bonchev–Trinajstić information content (AvgIpc) is 2.80. The highest BCUT2D eigenvalue weighted by Crippen LogP contribution is 2.19. The second-order valence-electron chi connectivity index (χ2n) is 6.19. The van der Waals surface area contributed by atoms with Gasteiger partial charge in [-0.15, -0.1) is 0 Å². The van der Waals surface area contributed by atoms with Crippen LogP contribution in [0.1, 0.15) is 38.9 Å². The summed E-state index contributed by atoms with van der Waals surface area (Å²) in [5.74, 6) is 1.93. The number of rotatable bonds is 8. The summed E-state index contributed by atoms with van der Waals surface area (Å²) in [5.41, 5.74) is 1.01. The zero-order valence-corrected chi connectivity index (χ0v) is 13.1. The maximum Gasteiger partial charge on any atom is 0.134 e. The highest BCUT2D eigenvalue weighted by molar-refractivity contribution is 5.77. The predicted molar refractivity (Wildman–Crippen MR) is 86.1 cm³/mol.